The van der Waals surface area contributed by atoms with Crippen molar-refractivity contribution in [2.75, 3.05) is 11.5 Å². The number of hydrogen-bond donors (Lipinski definition) is 1. The molecule has 1 fully saturated rings. The van der Waals surface area contributed by atoms with Crippen LogP contribution >= 0.6 is 11.8 Å². The van der Waals surface area contributed by atoms with E-state index in [0.29, 0.717) is 10.9 Å². The van der Waals surface area contributed by atoms with Gasteiger partial charge in [-0.25, -0.2) is 4.98 Å². The van der Waals surface area contributed by atoms with Gasteiger partial charge >= 0.3 is 5.69 Å². The van der Waals surface area contributed by atoms with Gasteiger partial charge in [0, 0.05) is 5.75 Å². The molecular weight excluding hydrogens is 240 g/mol. The van der Waals surface area contributed by atoms with Crippen molar-refractivity contribution in [3.8, 4) is 0 Å². The molecule has 1 aromatic heterocycles. The topological polar surface area (TPSA) is 94.9 Å². The fraction of sp³-hybridized carbons (Fsp3) is 0.600. The summed E-state index contributed by atoms with van der Waals surface area (Å²) in [5.74, 6) is 1.61. The Morgan fingerprint density at radius 2 is 2.24 bits per heavy atom. The molecular formula is C10H14N4O2S. The van der Waals surface area contributed by atoms with Crippen molar-refractivity contribution in [1.82, 2.24) is 9.97 Å². The lowest BCUT2D eigenvalue weighted by Gasteiger charge is -2.07. The summed E-state index contributed by atoms with van der Waals surface area (Å²) in [6, 6.07) is 0. The van der Waals surface area contributed by atoms with Crippen LogP contribution < -0.4 is 5.73 Å². The predicted octanol–water partition coefficient (Wildman–Crippen LogP) is 2.25. The van der Waals surface area contributed by atoms with Crippen LogP contribution in [0.2, 0.25) is 0 Å². The normalized spacial score (nSPS) is 16.2. The second kappa shape index (κ2) is 5.31. The number of nitrogens with zero attached hydrogens (tertiary/aromatic N) is 3. The highest BCUT2D eigenvalue weighted by Gasteiger charge is 2.20. The molecule has 2 rings (SSSR count). The highest BCUT2D eigenvalue weighted by atomic mass is 32.2. The summed E-state index contributed by atoms with van der Waals surface area (Å²) >= 11 is 1.41. The molecule has 0 spiro atoms. The van der Waals surface area contributed by atoms with Gasteiger partial charge in [-0.1, -0.05) is 24.6 Å². The average Bonchev–Trinajstić information content (AvgIpc) is 2.78. The van der Waals surface area contributed by atoms with E-state index in [9.17, 15) is 10.1 Å². The summed E-state index contributed by atoms with van der Waals surface area (Å²) in [5.41, 5.74) is 5.40. The fourth-order valence-corrected chi connectivity index (χ4v) is 3.14. The number of nitro groups is 1. The Kier molecular flexibility index (Phi) is 3.78. The molecule has 92 valence electrons. The molecule has 0 bridgehead atoms. The Hall–Kier alpha value is -1.37. The van der Waals surface area contributed by atoms with Crippen molar-refractivity contribution >= 4 is 23.4 Å². The van der Waals surface area contributed by atoms with Crippen molar-refractivity contribution < 1.29 is 4.92 Å². The first-order valence-electron chi connectivity index (χ1n) is 5.56. The zero-order valence-corrected chi connectivity index (χ0v) is 10.2. The molecule has 7 heteroatoms. The number of nitrogens with two attached hydrogens (primary N) is 1. The number of rotatable bonds is 4. The van der Waals surface area contributed by atoms with Crippen LogP contribution in [0, 0.1) is 16.0 Å². The van der Waals surface area contributed by atoms with Gasteiger partial charge in [-0.05, 0) is 18.8 Å². The molecule has 0 atom stereocenters. The summed E-state index contributed by atoms with van der Waals surface area (Å²) in [6.07, 6.45) is 6.13. The van der Waals surface area contributed by atoms with Gasteiger partial charge in [0.2, 0.25) is 5.95 Å². The Bertz CT molecular complexity index is 421. The lowest BCUT2D eigenvalue weighted by molar-refractivity contribution is -0.388. The number of anilines is 1. The first-order valence-corrected chi connectivity index (χ1v) is 6.55. The monoisotopic (exact) mass is 254 g/mol. The summed E-state index contributed by atoms with van der Waals surface area (Å²) in [5, 5.41) is 11.2. The van der Waals surface area contributed by atoms with Crippen LogP contribution in [-0.2, 0) is 0 Å². The molecule has 6 nitrogen and oxygen atoms in total. The number of nitrogen functional groups attached to an aromatic ring is 1. The molecule has 1 aliphatic carbocycles. The van der Waals surface area contributed by atoms with Crippen LogP contribution in [0.1, 0.15) is 25.7 Å². The maximum absolute atomic E-state index is 10.8. The van der Waals surface area contributed by atoms with Crippen LogP contribution in [-0.4, -0.2) is 20.6 Å². The van der Waals surface area contributed by atoms with E-state index in [4.69, 9.17) is 5.73 Å². The molecule has 0 radical (unpaired) electrons. The van der Waals surface area contributed by atoms with Gasteiger partial charge in [-0.2, -0.15) is 4.98 Å². The van der Waals surface area contributed by atoms with Gasteiger partial charge in [0.25, 0.3) is 0 Å². The molecule has 1 aliphatic rings. The maximum atomic E-state index is 10.8. The molecule has 2 N–H and O–H groups in total. The largest absolute Gasteiger partial charge is 0.368 e. The average molecular weight is 254 g/mol. The molecule has 0 aliphatic heterocycles. The second-order valence-electron chi connectivity index (χ2n) is 4.14. The third-order valence-electron chi connectivity index (χ3n) is 2.88. The third-order valence-corrected chi connectivity index (χ3v) is 4.09. The summed E-state index contributed by atoms with van der Waals surface area (Å²) in [6.45, 7) is 0. The molecule has 0 unspecified atom stereocenters. The first-order chi connectivity index (χ1) is 8.16. The fourth-order valence-electron chi connectivity index (χ4n) is 1.98. The Balaban J connectivity index is 2.07. The van der Waals surface area contributed by atoms with E-state index < -0.39 is 4.92 Å². The molecule has 0 aromatic carbocycles. The van der Waals surface area contributed by atoms with E-state index in [1.807, 2.05) is 0 Å². The molecule has 1 aromatic rings. The third kappa shape index (κ3) is 3.06. The Morgan fingerprint density at radius 1 is 1.53 bits per heavy atom. The Labute approximate surface area is 103 Å². The lowest BCUT2D eigenvalue weighted by atomic mass is 10.1. The minimum atomic E-state index is -0.462. The minimum absolute atomic E-state index is 0.0535. The van der Waals surface area contributed by atoms with Gasteiger partial charge in [0.15, 0.2) is 5.03 Å². The van der Waals surface area contributed by atoms with Crippen LogP contribution in [0.5, 0.6) is 0 Å². The van der Waals surface area contributed by atoms with Gasteiger partial charge in [0.05, 0.1) is 4.92 Å². The first kappa shape index (κ1) is 12.1. The lowest BCUT2D eigenvalue weighted by Crippen LogP contribution is -2.02. The van der Waals surface area contributed by atoms with Crippen LogP contribution in [0.3, 0.4) is 0 Å². The predicted molar refractivity (Wildman–Crippen MR) is 65.8 cm³/mol. The SMILES string of the molecule is Nc1ncc([N+](=O)[O-])c(SCC2CCCC2)n1. The summed E-state index contributed by atoms with van der Waals surface area (Å²) < 4.78 is 0. The van der Waals surface area contributed by atoms with Crippen molar-refractivity contribution in [2.45, 2.75) is 30.7 Å². The van der Waals surface area contributed by atoms with Crippen molar-refractivity contribution in [2.24, 2.45) is 5.92 Å². The smallest absolute Gasteiger partial charge is 0.319 e. The van der Waals surface area contributed by atoms with Crippen LogP contribution in [0.25, 0.3) is 0 Å². The van der Waals surface area contributed by atoms with Crippen molar-refractivity contribution in [3.63, 3.8) is 0 Å². The number of thioether (sulfide) groups is 1. The highest BCUT2D eigenvalue weighted by Crippen LogP contribution is 2.33. The zero-order valence-electron chi connectivity index (χ0n) is 9.33. The summed E-state index contributed by atoms with van der Waals surface area (Å²) in [4.78, 5) is 17.9. The second-order valence-corrected chi connectivity index (χ2v) is 5.15. The molecule has 1 heterocycles. The van der Waals surface area contributed by atoms with Crippen molar-refractivity contribution in [1.29, 1.82) is 0 Å². The summed E-state index contributed by atoms with van der Waals surface area (Å²) in [7, 11) is 0. The van der Waals surface area contributed by atoms with Gasteiger partial charge in [-0.3, -0.25) is 10.1 Å². The zero-order chi connectivity index (χ0) is 12.3. The van der Waals surface area contributed by atoms with E-state index in [1.165, 1.54) is 43.6 Å². The van der Waals surface area contributed by atoms with E-state index in [1.54, 1.807) is 0 Å². The van der Waals surface area contributed by atoms with Crippen LogP contribution in [0.15, 0.2) is 11.2 Å². The molecule has 0 saturated heterocycles. The number of hydrogen-bond acceptors (Lipinski definition) is 6. The van der Waals surface area contributed by atoms with Gasteiger partial charge in [0.1, 0.15) is 6.20 Å². The van der Waals surface area contributed by atoms with Crippen LogP contribution in [0.4, 0.5) is 11.6 Å². The number of aromatic nitrogens is 2. The standard InChI is InChI=1S/C10H14N4O2S/c11-10-12-5-8(14(15)16)9(13-10)17-6-7-3-1-2-4-7/h5,7H,1-4,6H2,(H2,11,12,13). The maximum Gasteiger partial charge on any atom is 0.319 e. The Morgan fingerprint density at radius 3 is 2.88 bits per heavy atom. The van der Waals surface area contributed by atoms with E-state index in [2.05, 4.69) is 9.97 Å². The highest BCUT2D eigenvalue weighted by molar-refractivity contribution is 7.99. The minimum Gasteiger partial charge on any atom is -0.368 e. The van der Waals surface area contributed by atoms with Crippen molar-refractivity contribution in [3.05, 3.63) is 16.3 Å². The quantitative estimate of drug-likeness (QED) is 0.383. The van der Waals surface area contributed by atoms with E-state index in [0.717, 1.165) is 5.75 Å². The molecule has 1 saturated carbocycles. The van der Waals surface area contributed by atoms with Gasteiger partial charge in [-0.15, -0.1) is 0 Å². The molecule has 17 heavy (non-hydrogen) atoms. The van der Waals surface area contributed by atoms with Gasteiger partial charge < -0.3 is 5.73 Å². The van der Waals surface area contributed by atoms with E-state index in [-0.39, 0.29) is 11.6 Å². The van der Waals surface area contributed by atoms with E-state index >= 15 is 0 Å². The molecule has 0 amide bonds.